The molecule has 0 aliphatic rings. The largest absolute Gasteiger partial charge is 0.497 e. The lowest BCUT2D eigenvalue weighted by atomic mass is 9.98. The molecule has 1 atom stereocenters. The summed E-state index contributed by atoms with van der Waals surface area (Å²) in [7, 11) is 1.54. The molecule has 13 heavy (non-hydrogen) atoms. The molecule has 1 nitrogen and oxygen atoms in total. The highest BCUT2D eigenvalue weighted by Crippen LogP contribution is 2.24. The molecule has 1 rings (SSSR count). The zero-order valence-corrected chi connectivity index (χ0v) is 8.30. The minimum atomic E-state index is -0.172. The molecule has 0 fully saturated rings. The van der Waals surface area contributed by atoms with Gasteiger partial charge in [-0.2, -0.15) is 0 Å². The standard InChI is InChI=1S/C11H15FO/c1-4-8(2)10-6-5-9(13-3)7-11(10)12/h5-8H,4H2,1-3H3. The maximum Gasteiger partial charge on any atom is 0.130 e. The SMILES string of the molecule is CCC(C)c1ccc(OC)cc1F. The Morgan fingerprint density at radius 3 is 2.62 bits per heavy atom. The van der Waals surface area contributed by atoms with Crippen molar-refractivity contribution in [2.24, 2.45) is 0 Å². The van der Waals surface area contributed by atoms with Crippen molar-refractivity contribution in [1.82, 2.24) is 0 Å². The molecule has 2 heteroatoms. The molecule has 0 radical (unpaired) electrons. The first-order valence-corrected chi connectivity index (χ1v) is 4.52. The lowest BCUT2D eigenvalue weighted by Gasteiger charge is -2.10. The Balaban J connectivity index is 2.98. The third-order valence-electron chi connectivity index (χ3n) is 2.35. The van der Waals surface area contributed by atoms with Gasteiger partial charge < -0.3 is 4.74 Å². The lowest BCUT2D eigenvalue weighted by molar-refractivity contribution is 0.410. The first kappa shape index (κ1) is 10.0. The van der Waals surface area contributed by atoms with Gasteiger partial charge in [0, 0.05) is 6.07 Å². The fourth-order valence-corrected chi connectivity index (χ4v) is 1.25. The van der Waals surface area contributed by atoms with E-state index < -0.39 is 0 Å². The van der Waals surface area contributed by atoms with Gasteiger partial charge in [0.1, 0.15) is 11.6 Å². The Bertz CT molecular complexity index is 283. The molecule has 0 N–H and O–H groups in total. The molecule has 1 aromatic carbocycles. The van der Waals surface area contributed by atoms with E-state index in [2.05, 4.69) is 0 Å². The molecule has 0 aliphatic carbocycles. The number of hydrogen-bond acceptors (Lipinski definition) is 1. The number of rotatable bonds is 3. The van der Waals surface area contributed by atoms with Crippen LogP contribution in [0.25, 0.3) is 0 Å². The summed E-state index contributed by atoms with van der Waals surface area (Å²) in [5.41, 5.74) is 0.767. The van der Waals surface area contributed by atoms with Crippen LogP contribution in [-0.4, -0.2) is 7.11 Å². The second-order valence-corrected chi connectivity index (χ2v) is 3.20. The van der Waals surface area contributed by atoms with Crippen molar-refractivity contribution >= 4 is 0 Å². The van der Waals surface area contributed by atoms with Crippen LogP contribution < -0.4 is 4.74 Å². The fourth-order valence-electron chi connectivity index (χ4n) is 1.25. The van der Waals surface area contributed by atoms with Gasteiger partial charge in [-0.1, -0.05) is 19.9 Å². The number of halogens is 1. The van der Waals surface area contributed by atoms with Crippen molar-refractivity contribution in [2.75, 3.05) is 7.11 Å². The third kappa shape index (κ3) is 2.20. The van der Waals surface area contributed by atoms with Crippen LogP contribution in [0, 0.1) is 5.82 Å². The number of benzene rings is 1. The quantitative estimate of drug-likeness (QED) is 0.696. The zero-order valence-electron chi connectivity index (χ0n) is 8.30. The average Bonchev–Trinajstić information content (AvgIpc) is 2.16. The van der Waals surface area contributed by atoms with E-state index in [9.17, 15) is 4.39 Å². The lowest BCUT2D eigenvalue weighted by Crippen LogP contribution is -1.96. The van der Waals surface area contributed by atoms with Crippen molar-refractivity contribution in [3.63, 3.8) is 0 Å². The first-order chi connectivity index (χ1) is 6.19. The highest BCUT2D eigenvalue weighted by molar-refractivity contribution is 5.30. The molecular weight excluding hydrogens is 167 g/mol. The summed E-state index contributed by atoms with van der Waals surface area (Å²) in [6.07, 6.45) is 0.948. The Kier molecular flexibility index (Phi) is 3.29. The van der Waals surface area contributed by atoms with Gasteiger partial charge in [-0.3, -0.25) is 0 Å². The molecule has 0 aromatic heterocycles. The predicted molar refractivity (Wildman–Crippen MR) is 51.7 cm³/mol. The van der Waals surface area contributed by atoms with Gasteiger partial charge in [0.25, 0.3) is 0 Å². The zero-order chi connectivity index (χ0) is 9.84. The van der Waals surface area contributed by atoms with Gasteiger partial charge in [0.15, 0.2) is 0 Å². The van der Waals surface area contributed by atoms with Gasteiger partial charge in [-0.25, -0.2) is 4.39 Å². The number of methoxy groups -OCH3 is 1. The van der Waals surface area contributed by atoms with Crippen LogP contribution in [-0.2, 0) is 0 Å². The second kappa shape index (κ2) is 4.26. The number of ether oxygens (including phenoxy) is 1. The topological polar surface area (TPSA) is 9.23 Å². The first-order valence-electron chi connectivity index (χ1n) is 4.52. The molecule has 0 saturated carbocycles. The molecule has 0 saturated heterocycles. The molecule has 0 amide bonds. The summed E-state index contributed by atoms with van der Waals surface area (Å²) in [6, 6.07) is 5.02. The summed E-state index contributed by atoms with van der Waals surface area (Å²) < 4.78 is 18.3. The third-order valence-corrected chi connectivity index (χ3v) is 2.35. The normalized spacial score (nSPS) is 12.6. The maximum atomic E-state index is 13.4. The minimum absolute atomic E-state index is 0.172. The monoisotopic (exact) mass is 182 g/mol. The predicted octanol–water partition coefficient (Wildman–Crippen LogP) is 3.35. The second-order valence-electron chi connectivity index (χ2n) is 3.20. The number of hydrogen-bond donors (Lipinski definition) is 0. The van der Waals surface area contributed by atoms with Crippen LogP contribution in [0.4, 0.5) is 4.39 Å². The van der Waals surface area contributed by atoms with Crippen LogP contribution in [0.3, 0.4) is 0 Å². The van der Waals surface area contributed by atoms with Crippen molar-refractivity contribution in [3.8, 4) is 5.75 Å². The maximum absolute atomic E-state index is 13.4. The van der Waals surface area contributed by atoms with Crippen LogP contribution >= 0.6 is 0 Å². The molecule has 0 bridgehead atoms. The van der Waals surface area contributed by atoms with E-state index in [0.717, 1.165) is 12.0 Å². The molecule has 1 aromatic rings. The summed E-state index contributed by atoms with van der Waals surface area (Å²) >= 11 is 0. The van der Waals surface area contributed by atoms with Crippen molar-refractivity contribution in [3.05, 3.63) is 29.6 Å². The Morgan fingerprint density at radius 1 is 1.46 bits per heavy atom. The summed E-state index contributed by atoms with van der Waals surface area (Å²) in [6.45, 7) is 4.07. The highest BCUT2D eigenvalue weighted by atomic mass is 19.1. The smallest absolute Gasteiger partial charge is 0.130 e. The van der Waals surface area contributed by atoms with E-state index in [0.29, 0.717) is 5.75 Å². The van der Waals surface area contributed by atoms with E-state index >= 15 is 0 Å². The molecule has 0 spiro atoms. The van der Waals surface area contributed by atoms with Crippen molar-refractivity contribution in [2.45, 2.75) is 26.2 Å². The van der Waals surface area contributed by atoms with Gasteiger partial charge >= 0.3 is 0 Å². The van der Waals surface area contributed by atoms with Gasteiger partial charge in [-0.15, -0.1) is 0 Å². The van der Waals surface area contributed by atoms with E-state index in [1.807, 2.05) is 13.8 Å². The van der Waals surface area contributed by atoms with Gasteiger partial charge in [0.2, 0.25) is 0 Å². The van der Waals surface area contributed by atoms with Gasteiger partial charge in [-0.05, 0) is 24.0 Å². The molecule has 0 aliphatic heterocycles. The van der Waals surface area contributed by atoms with E-state index in [4.69, 9.17) is 4.74 Å². The van der Waals surface area contributed by atoms with Crippen LogP contribution in [0.15, 0.2) is 18.2 Å². The van der Waals surface area contributed by atoms with Crippen LogP contribution in [0.5, 0.6) is 5.75 Å². The van der Waals surface area contributed by atoms with Crippen molar-refractivity contribution in [1.29, 1.82) is 0 Å². The Labute approximate surface area is 78.5 Å². The Hall–Kier alpha value is -1.05. The van der Waals surface area contributed by atoms with E-state index in [-0.39, 0.29) is 11.7 Å². The molecule has 0 heterocycles. The molecular formula is C11H15FO. The fraction of sp³-hybridized carbons (Fsp3) is 0.455. The minimum Gasteiger partial charge on any atom is -0.497 e. The Morgan fingerprint density at radius 2 is 2.15 bits per heavy atom. The van der Waals surface area contributed by atoms with Crippen molar-refractivity contribution < 1.29 is 9.13 Å². The molecule has 72 valence electrons. The highest BCUT2D eigenvalue weighted by Gasteiger charge is 2.09. The molecule has 1 unspecified atom stereocenters. The van der Waals surface area contributed by atoms with Crippen LogP contribution in [0.1, 0.15) is 31.7 Å². The summed E-state index contributed by atoms with van der Waals surface area (Å²) in [5.74, 6) is 0.671. The summed E-state index contributed by atoms with van der Waals surface area (Å²) in [4.78, 5) is 0. The van der Waals surface area contributed by atoms with E-state index in [1.54, 1.807) is 12.1 Å². The van der Waals surface area contributed by atoms with Gasteiger partial charge in [0.05, 0.1) is 7.11 Å². The summed E-state index contributed by atoms with van der Waals surface area (Å²) in [5, 5.41) is 0. The average molecular weight is 182 g/mol. The van der Waals surface area contributed by atoms with E-state index in [1.165, 1.54) is 13.2 Å². The van der Waals surface area contributed by atoms with Crippen LogP contribution in [0.2, 0.25) is 0 Å².